The van der Waals surface area contributed by atoms with Gasteiger partial charge in [0.25, 0.3) is 0 Å². The standard InChI is InChI=1S/C26H27N5O2S/c1-18-4-5-20(24(32)12-19-6-7-29-25(13-19)34(2,3)33)15-23(18)22-14-21(16-27)26(30-17-22)31-10-8-28-9-11-31/h4-7,13-15,17,28H,2,8-12H2,1,3H3. The number of rotatable bonds is 6. The maximum atomic E-state index is 13.1. The van der Waals surface area contributed by atoms with Crippen LogP contribution in [0.25, 0.3) is 11.1 Å². The average molecular weight is 474 g/mol. The second kappa shape index (κ2) is 9.75. The van der Waals surface area contributed by atoms with Crippen molar-refractivity contribution in [2.75, 3.05) is 37.3 Å². The molecule has 1 unspecified atom stereocenters. The Balaban J connectivity index is 1.62. The van der Waals surface area contributed by atoms with E-state index >= 15 is 0 Å². The van der Waals surface area contributed by atoms with Gasteiger partial charge in [0.2, 0.25) is 0 Å². The molecule has 7 nitrogen and oxygen atoms in total. The van der Waals surface area contributed by atoms with Crippen LogP contribution in [0.15, 0.2) is 53.8 Å². The van der Waals surface area contributed by atoms with Crippen molar-refractivity contribution in [1.29, 1.82) is 5.26 Å². The van der Waals surface area contributed by atoms with Gasteiger partial charge in [-0.15, -0.1) is 0 Å². The minimum atomic E-state index is -2.46. The lowest BCUT2D eigenvalue weighted by Crippen LogP contribution is -2.44. The molecule has 0 bridgehead atoms. The number of nitriles is 1. The molecule has 0 amide bonds. The number of aromatic nitrogens is 2. The molecular weight excluding hydrogens is 446 g/mol. The van der Waals surface area contributed by atoms with E-state index in [1.807, 2.05) is 25.1 Å². The van der Waals surface area contributed by atoms with Crippen LogP contribution in [0.1, 0.15) is 27.0 Å². The Labute approximate surface area is 200 Å². The Morgan fingerprint density at radius 2 is 1.97 bits per heavy atom. The number of Topliss-reactive ketones (excluding diaryl/α,β-unsaturated/α-hetero) is 1. The van der Waals surface area contributed by atoms with E-state index in [9.17, 15) is 14.3 Å². The molecule has 1 fully saturated rings. The van der Waals surface area contributed by atoms with Gasteiger partial charge in [0, 0.05) is 71.9 Å². The van der Waals surface area contributed by atoms with E-state index in [1.54, 1.807) is 30.6 Å². The normalized spacial score (nSPS) is 15.4. The molecule has 3 aromatic rings. The van der Waals surface area contributed by atoms with Crippen LogP contribution in [-0.4, -0.2) is 58.3 Å². The molecule has 1 N–H and O–H groups in total. The van der Waals surface area contributed by atoms with E-state index in [1.165, 1.54) is 6.26 Å². The number of carbonyl (C=O) groups is 1. The largest absolute Gasteiger partial charge is 0.353 e. The van der Waals surface area contributed by atoms with Crippen LogP contribution in [0.5, 0.6) is 0 Å². The average Bonchev–Trinajstić information content (AvgIpc) is 2.84. The monoisotopic (exact) mass is 473 g/mol. The molecule has 1 saturated heterocycles. The number of carbonyl (C=O) groups excluding carboxylic acids is 1. The number of hydrogen-bond donors (Lipinski definition) is 1. The molecule has 3 heterocycles. The summed E-state index contributed by atoms with van der Waals surface area (Å²) in [6.45, 7) is 5.31. The fraction of sp³-hybridized carbons (Fsp3) is 0.269. The fourth-order valence-corrected chi connectivity index (χ4v) is 4.69. The van der Waals surface area contributed by atoms with Gasteiger partial charge in [0.1, 0.15) is 16.9 Å². The number of benzene rings is 1. The van der Waals surface area contributed by atoms with Gasteiger partial charge in [-0.25, -0.2) is 9.97 Å². The number of piperazine rings is 1. The first-order valence-corrected chi connectivity index (χ1v) is 13.2. The van der Waals surface area contributed by atoms with Crippen molar-refractivity contribution in [2.24, 2.45) is 0 Å². The van der Waals surface area contributed by atoms with E-state index in [-0.39, 0.29) is 12.2 Å². The van der Waals surface area contributed by atoms with Crippen molar-refractivity contribution in [3.8, 4) is 17.2 Å². The van der Waals surface area contributed by atoms with Gasteiger partial charge in [0.15, 0.2) is 5.78 Å². The van der Waals surface area contributed by atoms with Crippen LogP contribution in [0.4, 0.5) is 5.82 Å². The van der Waals surface area contributed by atoms with Crippen LogP contribution >= 0.6 is 0 Å². The Hall–Kier alpha value is -3.54. The van der Waals surface area contributed by atoms with E-state index in [0.717, 1.165) is 48.4 Å². The lowest BCUT2D eigenvalue weighted by molar-refractivity contribution is 0.0993. The van der Waals surface area contributed by atoms with Crippen molar-refractivity contribution in [3.05, 3.63) is 71.0 Å². The minimum absolute atomic E-state index is 0.0593. The Kier molecular flexibility index (Phi) is 6.77. The van der Waals surface area contributed by atoms with E-state index < -0.39 is 9.52 Å². The third-order valence-electron chi connectivity index (χ3n) is 5.88. The summed E-state index contributed by atoms with van der Waals surface area (Å²) in [5.74, 6) is 4.31. The van der Waals surface area contributed by atoms with Crippen LogP contribution < -0.4 is 10.2 Å². The molecule has 1 aromatic carbocycles. The number of pyridine rings is 2. The van der Waals surface area contributed by atoms with Gasteiger partial charge in [-0.1, -0.05) is 12.1 Å². The van der Waals surface area contributed by atoms with Gasteiger partial charge in [-0.3, -0.25) is 9.00 Å². The highest BCUT2D eigenvalue weighted by atomic mass is 32.2. The van der Waals surface area contributed by atoms with Crippen LogP contribution in [0, 0.1) is 18.3 Å². The van der Waals surface area contributed by atoms with Gasteiger partial charge < -0.3 is 10.2 Å². The zero-order valence-electron chi connectivity index (χ0n) is 19.4. The van der Waals surface area contributed by atoms with Crippen LogP contribution in [0.3, 0.4) is 0 Å². The summed E-state index contributed by atoms with van der Waals surface area (Å²) >= 11 is 0. The first kappa shape index (κ1) is 23.6. The van der Waals surface area contributed by atoms with Gasteiger partial charge >= 0.3 is 0 Å². The smallest absolute Gasteiger partial charge is 0.167 e. The lowest BCUT2D eigenvalue weighted by atomic mass is 9.95. The minimum Gasteiger partial charge on any atom is -0.353 e. The fourth-order valence-electron chi connectivity index (χ4n) is 4.01. The van der Waals surface area contributed by atoms with Crippen molar-refractivity contribution >= 4 is 27.0 Å². The Morgan fingerprint density at radius 3 is 2.68 bits per heavy atom. The molecule has 4 rings (SSSR count). The predicted octanol–water partition coefficient (Wildman–Crippen LogP) is 2.86. The Bertz CT molecular complexity index is 1390. The quantitative estimate of drug-likeness (QED) is 0.434. The van der Waals surface area contributed by atoms with E-state index in [2.05, 4.69) is 32.1 Å². The zero-order valence-corrected chi connectivity index (χ0v) is 20.2. The molecule has 2 aromatic heterocycles. The molecule has 0 radical (unpaired) electrons. The summed E-state index contributed by atoms with van der Waals surface area (Å²) in [7, 11) is -2.46. The summed E-state index contributed by atoms with van der Waals surface area (Å²) in [5, 5.41) is 13.5. The molecule has 1 aliphatic rings. The number of ketones is 1. The highest BCUT2D eigenvalue weighted by molar-refractivity contribution is 7.99. The van der Waals surface area contributed by atoms with Gasteiger partial charge in [0.05, 0.1) is 5.56 Å². The molecule has 0 aliphatic carbocycles. The maximum Gasteiger partial charge on any atom is 0.167 e. The molecule has 0 saturated carbocycles. The summed E-state index contributed by atoms with van der Waals surface area (Å²) in [6.07, 6.45) is 5.03. The maximum absolute atomic E-state index is 13.1. The third kappa shape index (κ3) is 5.16. The number of nitrogens with zero attached hydrogens (tertiary/aromatic N) is 4. The lowest BCUT2D eigenvalue weighted by Gasteiger charge is -2.29. The molecule has 1 atom stereocenters. The molecule has 34 heavy (non-hydrogen) atoms. The highest BCUT2D eigenvalue weighted by Gasteiger charge is 2.18. The summed E-state index contributed by atoms with van der Waals surface area (Å²) in [5.41, 5.74) is 4.49. The number of nitrogens with one attached hydrogen (secondary N) is 1. The predicted molar refractivity (Wildman–Crippen MR) is 136 cm³/mol. The van der Waals surface area contributed by atoms with Crippen molar-refractivity contribution < 1.29 is 9.00 Å². The molecular formula is C26H27N5O2S. The third-order valence-corrected chi connectivity index (χ3v) is 6.99. The SMILES string of the molecule is C=S(C)(=O)c1cc(CC(=O)c2ccc(C)c(-c3cnc(N4CCNCC4)c(C#N)c3)c2)ccn1. The van der Waals surface area contributed by atoms with Gasteiger partial charge in [-0.2, -0.15) is 5.26 Å². The van der Waals surface area contributed by atoms with Gasteiger partial charge in [-0.05, 0) is 53.7 Å². The summed E-state index contributed by atoms with van der Waals surface area (Å²) in [4.78, 5) is 23.9. The Morgan fingerprint density at radius 1 is 1.21 bits per heavy atom. The zero-order chi connectivity index (χ0) is 24.3. The van der Waals surface area contributed by atoms with E-state index in [0.29, 0.717) is 22.0 Å². The molecule has 174 valence electrons. The topological polar surface area (TPSA) is 99.0 Å². The van der Waals surface area contributed by atoms with E-state index in [4.69, 9.17) is 0 Å². The number of aryl methyl sites for hydroxylation is 1. The van der Waals surface area contributed by atoms with Crippen LogP contribution in [-0.2, 0) is 15.9 Å². The first-order valence-electron chi connectivity index (χ1n) is 11.0. The molecule has 8 heteroatoms. The molecule has 0 spiro atoms. The van der Waals surface area contributed by atoms with Crippen molar-refractivity contribution in [2.45, 2.75) is 18.4 Å². The first-order chi connectivity index (χ1) is 16.3. The van der Waals surface area contributed by atoms with Crippen molar-refractivity contribution in [3.63, 3.8) is 0 Å². The highest BCUT2D eigenvalue weighted by Crippen LogP contribution is 2.29. The van der Waals surface area contributed by atoms with Crippen molar-refractivity contribution in [1.82, 2.24) is 15.3 Å². The number of anilines is 1. The van der Waals surface area contributed by atoms with Crippen LogP contribution in [0.2, 0.25) is 0 Å². The molecule has 1 aliphatic heterocycles. The number of hydrogen-bond acceptors (Lipinski definition) is 7. The second-order valence-corrected chi connectivity index (χ2v) is 11.0. The summed E-state index contributed by atoms with van der Waals surface area (Å²) in [6, 6.07) is 13.1. The second-order valence-electron chi connectivity index (χ2n) is 8.58. The summed E-state index contributed by atoms with van der Waals surface area (Å²) < 4.78 is 12.2.